The summed E-state index contributed by atoms with van der Waals surface area (Å²) < 4.78 is 0.798. The Hall–Kier alpha value is 0.580. The van der Waals surface area contributed by atoms with Crippen LogP contribution in [0.1, 0.15) is 83.5 Å². The van der Waals surface area contributed by atoms with Crippen LogP contribution < -0.4 is 0 Å². The van der Waals surface area contributed by atoms with Gasteiger partial charge in [-0.25, -0.2) is 0 Å². The summed E-state index contributed by atoms with van der Waals surface area (Å²) >= 11 is 4.22. The minimum atomic E-state index is -0.549. The van der Waals surface area contributed by atoms with Crippen molar-refractivity contribution in [2.45, 2.75) is 100 Å². The Kier molecular flexibility index (Phi) is 14.9. The van der Waals surface area contributed by atoms with Gasteiger partial charge in [0.05, 0.1) is 16.8 Å². The molecule has 0 amide bonds. The van der Waals surface area contributed by atoms with Crippen LogP contribution in [0.4, 0.5) is 0 Å². The van der Waals surface area contributed by atoms with Crippen molar-refractivity contribution >= 4 is 23.5 Å². The maximum absolute atomic E-state index is 10.1. The second-order valence-corrected chi connectivity index (χ2v) is 9.85. The quantitative estimate of drug-likeness (QED) is 0.364. The summed E-state index contributed by atoms with van der Waals surface area (Å²) in [5, 5.41) is 28.8. The van der Waals surface area contributed by atoms with E-state index in [1.165, 1.54) is 43.6 Å². The van der Waals surface area contributed by atoms with Crippen molar-refractivity contribution in [1.29, 1.82) is 0 Å². The Bertz CT molecular complexity index is 273. The summed E-state index contributed by atoms with van der Waals surface area (Å²) in [5.41, 5.74) is 0. The molecule has 0 saturated carbocycles. The first kappa shape index (κ1) is 22.6. The Morgan fingerprint density at radius 1 is 0.708 bits per heavy atom. The van der Waals surface area contributed by atoms with Gasteiger partial charge < -0.3 is 15.3 Å². The second-order valence-electron chi connectivity index (χ2n) is 6.93. The monoisotopic (exact) mass is 378 g/mol. The van der Waals surface area contributed by atoms with E-state index >= 15 is 0 Å². The van der Waals surface area contributed by atoms with Crippen LogP contribution in [0.2, 0.25) is 0 Å². The molecule has 3 nitrogen and oxygen atoms in total. The SMILES string of the molecule is OCCCCCCCC[C@@H](O)[C@H](O)CCCCCC1SCCCS1. The molecule has 0 aromatic heterocycles. The molecule has 2 atom stereocenters. The van der Waals surface area contributed by atoms with Gasteiger partial charge >= 0.3 is 0 Å². The van der Waals surface area contributed by atoms with Crippen LogP contribution in [0, 0.1) is 0 Å². The molecule has 3 N–H and O–H groups in total. The first-order chi connectivity index (χ1) is 11.7. The Morgan fingerprint density at radius 2 is 1.21 bits per heavy atom. The third-order valence-corrected chi connectivity index (χ3v) is 7.77. The smallest absolute Gasteiger partial charge is 0.0799 e. The van der Waals surface area contributed by atoms with Gasteiger partial charge in [-0.15, -0.1) is 23.5 Å². The lowest BCUT2D eigenvalue weighted by atomic mass is 10.00. The molecule has 1 saturated heterocycles. The highest BCUT2D eigenvalue weighted by Gasteiger charge is 2.16. The summed E-state index contributed by atoms with van der Waals surface area (Å²) in [7, 11) is 0. The van der Waals surface area contributed by atoms with Gasteiger partial charge in [-0.3, -0.25) is 0 Å². The summed E-state index contributed by atoms with van der Waals surface area (Å²) in [6.07, 6.45) is 12.9. The van der Waals surface area contributed by atoms with Gasteiger partial charge in [0.1, 0.15) is 0 Å². The lowest BCUT2D eigenvalue weighted by molar-refractivity contribution is 0.00713. The summed E-state index contributed by atoms with van der Waals surface area (Å²) in [6, 6.07) is 0. The van der Waals surface area contributed by atoms with E-state index < -0.39 is 12.2 Å². The van der Waals surface area contributed by atoms with Crippen molar-refractivity contribution < 1.29 is 15.3 Å². The standard InChI is InChI=1S/C19H38O3S2/c20-14-9-4-2-1-3-6-11-17(21)18(22)12-7-5-8-13-19-23-15-10-16-24-19/h17-22H,1-16H2/t17-,18-/m1/s1. The highest BCUT2D eigenvalue weighted by Crippen LogP contribution is 2.34. The zero-order valence-corrected chi connectivity index (χ0v) is 16.8. The predicted molar refractivity (Wildman–Crippen MR) is 108 cm³/mol. The molecular weight excluding hydrogens is 340 g/mol. The number of hydrogen-bond donors (Lipinski definition) is 3. The number of unbranched alkanes of at least 4 members (excludes halogenated alkanes) is 7. The zero-order chi connectivity index (χ0) is 17.5. The number of aliphatic hydroxyl groups excluding tert-OH is 3. The minimum Gasteiger partial charge on any atom is -0.396 e. The summed E-state index contributed by atoms with van der Waals surface area (Å²) in [5.74, 6) is 2.65. The molecule has 0 aliphatic carbocycles. The number of thioether (sulfide) groups is 2. The molecule has 0 radical (unpaired) electrons. The lowest BCUT2D eigenvalue weighted by Gasteiger charge is -2.21. The zero-order valence-electron chi connectivity index (χ0n) is 15.2. The van der Waals surface area contributed by atoms with Gasteiger partial charge in [0, 0.05) is 6.61 Å². The average Bonchev–Trinajstić information content (AvgIpc) is 2.61. The molecule has 0 aromatic carbocycles. The normalized spacial score (nSPS) is 18.6. The van der Waals surface area contributed by atoms with E-state index in [4.69, 9.17) is 5.11 Å². The fourth-order valence-corrected chi connectivity index (χ4v) is 6.06. The number of aliphatic hydroxyl groups is 3. The van der Waals surface area contributed by atoms with Gasteiger partial charge in [0.15, 0.2) is 0 Å². The van der Waals surface area contributed by atoms with E-state index in [9.17, 15) is 10.2 Å². The Labute approximate surface area is 157 Å². The van der Waals surface area contributed by atoms with Crippen LogP contribution in [0.15, 0.2) is 0 Å². The van der Waals surface area contributed by atoms with E-state index in [-0.39, 0.29) is 0 Å². The molecule has 1 rings (SSSR count). The van der Waals surface area contributed by atoms with Crippen LogP contribution >= 0.6 is 23.5 Å². The maximum atomic E-state index is 10.1. The molecule has 1 aliphatic rings. The molecule has 144 valence electrons. The van der Waals surface area contributed by atoms with Gasteiger partial charge in [0.25, 0.3) is 0 Å². The average molecular weight is 379 g/mol. The molecular formula is C19H38O3S2. The number of rotatable bonds is 15. The number of hydrogen-bond acceptors (Lipinski definition) is 5. The second kappa shape index (κ2) is 15.8. The first-order valence-corrected chi connectivity index (χ1v) is 12.0. The van der Waals surface area contributed by atoms with Crippen LogP contribution in [-0.2, 0) is 0 Å². The van der Waals surface area contributed by atoms with E-state index in [2.05, 4.69) is 23.5 Å². The molecule has 5 heteroatoms. The largest absolute Gasteiger partial charge is 0.396 e. The Balaban J connectivity index is 1.89. The van der Waals surface area contributed by atoms with E-state index in [1.54, 1.807) is 0 Å². The van der Waals surface area contributed by atoms with Crippen molar-refractivity contribution in [3.63, 3.8) is 0 Å². The third-order valence-electron chi connectivity index (χ3n) is 4.69. The van der Waals surface area contributed by atoms with E-state index in [1.807, 2.05) is 0 Å². The molecule has 24 heavy (non-hydrogen) atoms. The van der Waals surface area contributed by atoms with E-state index in [0.717, 1.165) is 55.9 Å². The molecule has 0 unspecified atom stereocenters. The van der Waals surface area contributed by atoms with Crippen LogP contribution in [0.3, 0.4) is 0 Å². The van der Waals surface area contributed by atoms with Crippen molar-refractivity contribution in [2.24, 2.45) is 0 Å². The van der Waals surface area contributed by atoms with Crippen molar-refractivity contribution in [3.05, 3.63) is 0 Å². The molecule has 0 bridgehead atoms. The predicted octanol–water partition coefficient (Wildman–Crippen LogP) is 4.58. The molecule has 1 fully saturated rings. The Morgan fingerprint density at radius 3 is 1.79 bits per heavy atom. The first-order valence-electron chi connectivity index (χ1n) is 9.94. The van der Waals surface area contributed by atoms with Crippen LogP contribution in [0.5, 0.6) is 0 Å². The van der Waals surface area contributed by atoms with Gasteiger partial charge in [-0.2, -0.15) is 0 Å². The van der Waals surface area contributed by atoms with Crippen molar-refractivity contribution in [2.75, 3.05) is 18.1 Å². The third kappa shape index (κ3) is 12.0. The van der Waals surface area contributed by atoms with Crippen molar-refractivity contribution in [1.82, 2.24) is 0 Å². The van der Waals surface area contributed by atoms with Crippen LogP contribution in [0.25, 0.3) is 0 Å². The highest BCUT2D eigenvalue weighted by molar-refractivity contribution is 8.17. The fourth-order valence-electron chi connectivity index (χ4n) is 3.10. The van der Waals surface area contributed by atoms with Crippen molar-refractivity contribution in [3.8, 4) is 0 Å². The highest BCUT2D eigenvalue weighted by atomic mass is 32.2. The molecule has 0 aromatic rings. The summed E-state index contributed by atoms with van der Waals surface area (Å²) in [4.78, 5) is 0. The van der Waals surface area contributed by atoms with Gasteiger partial charge in [0.2, 0.25) is 0 Å². The topological polar surface area (TPSA) is 60.7 Å². The van der Waals surface area contributed by atoms with Gasteiger partial charge in [-0.05, 0) is 43.6 Å². The van der Waals surface area contributed by atoms with Crippen LogP contribution in [-0.4, -0.2) is 50.2 Å². The van der Waals surface area contributed by atoms with E-state index in [0.29, 0.717) is 6.61 Å². The minimum absolute atomic E-state index is 0.295. The molecule has 1 heterocycles. The maximum Gasteiger partial charge on any atom is 0.0799 e. The van der Waals surface area contributed by atoms with Gasteiger partial charge in [-0.1, -0.05) is 51.4 Å². The molecule has 0 spiro atoms. The lowest BCUT2D eigenvalue weighted by Crippen LogP contribution is -2.25. The molecule has 1 aliphatic heterocycles. The summed E-state index contributed by atoms with van der Waals surface area (Å²) in [6.45, 7) is 0.295. The fraction of sp³-hybridized carbons (Fsp3) is 1.00.